The molecule has 1 aromatic heterocycles. The molecule has 8 heteroatoms. The molecule has 0 saturated carbocycles. The van der Waals surface area contributed by atoms with Gasteiger partial charge in [0.15, 0.2) is 6.10 Å². The van der Waals surface area contributed by atoms with Gasteiger partial charge in [-0.05, 0) is 30.2 Å². The number of ether oxygens (including phenoxy) is 1. The van der Waals surface area contributed by atoms with Crippen LogP contribution in [0.1, 0.15) is 23.9 Å². The molecular formula is C20H17FN2O4S. The number of thiazole rings is 1. The third-order valence-corrected chi connectivity index (χ3v) is 5.61. The van der Waals surface area contributed by atoms with E-state index >= 15 is 0 Å². The van der Waals surface area contributed by atoms with E-state index in [0.29, 0.717) is 28.4 Å². The maximum Gasteiger partial charge on any atom is 0.307 e. The number of rotatable bonds is 5. The van der Waals surface area contributed by atoms with Crippen molar-refractivity contribution >= 4 is 39.1 Å². The zero-order valence-corrected chi connectivity index (χ0v) is 15.8. The lowest BCUT2D eigenvalue weighted by Crippen LogP contribution is -2.46. The Morgan fingerprint density at radius 3 is 2.93 bits per heavy atom. The predicted molar refractivity (Wildman–Crippen MR) is 103 cm³/mol. The number of carbonyl (C=O) groups is 2. The standard InChI is InChI=1S/C20H17FN2O4S/c1-2-11-4-3-5-14-19(11)23(20(26)15(27-14)9-18(24)25)10-17-22-13-8-12(21)6-7-16(13)28-17/h3-8,15H,2,9-10H2,1H3,(H,24,25). The highest BCUT2D eigenvalue weighted by atomic mass is 32.1. The molecule has 0 radical (unpaired) electrons. The minimum atomic E-state index is -1.11. The van der Waals surface area contributed by atoms with E-state index in [2.05, 4.69) is 4.98 Å². The quantitative estimate of drug-likeness (QED) is 0.705. The van der Waals surface area contributed by atoms with Gasteiger partial charge in [-0.1, -0.05) is 19.1 Å². The first-order valence-electron chi connectivity index (χ1n) is 8.83. The highest BCUT2D eigenvalue weighted by Crippen LogP contribution is 2.39. The second kappa shape index (κ2) is 7.20. The lowest BCUT2D eigenvalue weighted by molar-refractivity contribution is -0.142. The zero-order chi connectivity index (χ0) is 19.8. The zero-order valence-electron chi connectivity index (χ0n) is 15.0. The summed E-state index contributed by atoms with van der Waals surface area (Å²) in [6, 6.07) is 9.85. The minimum absolute atomic E-state index is 0.170. The number of para-hydroxylation sites is 1. The van der Waals surface area contributed by atoms with Crippen LogP contribution in [0.3, 0.4) is 0 Å². The summed E-state index contributed by atoms with van der Waals surface area (Å²) in [4.78, 5) is 30.2. The van der Waals surface area contributed by atoms with Gasteiger partial charge in [-0.3, -0.25) is 14.5 Å². The Labute approximate surface area is 164 Å². The molecule has 0 saturated heterocycles. The fraction of sp³-hybridized carbons (Fsp3) is 0.250. The molecule has 2 aromatic carbocycles. The number of carboxylic acid groups (broad SMARTS) is 1. The molecular weight excluding hydrogens is 383 g/mol. The smallest absolute Gasteiger partial charge is 0.307 e. The lowest BCUT2D eigenvalue weighted by Gasteiger charge is -2.35. The number of fused-ring (bicyclic) bond motifs is 2. The van der Waals surface area contributed by atoms with E-state index in [1.165, 1.54) is 23.5 Å². The number of benzene rings is 2. The monoisotopic (exact) mass is 400 g/mol. The SMILES string of the molecule is CCc1cccc2c1N(Cc1nc3cc(F)ccc3s1)C(=O)C(CC(=O)O)O2. The number of hydrogen-bond donors (Lipinski definition) is 1. The fourth-order valence-corrected chi connectivity index (χ4v) is 4.27. The number of carbonyl (C=O) groups excluding carboxylic acids is 1. The maximum absolute atomic E-state index is 13.5. The topological polar surface area (TPSA) is 79.7 Å². The Morgan fingerprint density at radius 1 is 1.36 bits per heavy atom. The molecule has 0 bridgehead atoms. The van der Waals surface area contributed by atoms with Gasteiger partial charge in [0, 0.05) is 6.07 Å². The number of hydrogen-bond acceptors (Lipinski definition) is 5. The van der Waals surface area contributed by atoms with Crippen LogP contribution in [0.2, 0.25) is 0 Å². The van der Waals surface area contributed by atoms with E-state index in [0.717, 1.165) is 10.3 Å². The van der Waals surface area contributed by atoms with Gasteiger partial charge in [0.05, 0.1) is 28.9 Å². The summed E-state index contributed by atoms with van der Waals surface area (Å²) >= 11 is 1.38. The maximum atomic E-state index is 13.5. The Bertz CT molecular complexity index is 1080. The number of aromatic nitrogens is 1. The van der Waals surface area contributed by atoms with E-state index in [1.54, 1.807) is 17.0 Å². The van der Waals surface area contributed by atoms with Crippen LogP contribution in [0.15, 0.2) is 36.4 Å². The van der Waals surface area contributed by atoms with Crippen LogP contribution in [-0.2, 0) is 22.6 Å². The first-order chi connectivity index (χ1) is 13.5. The van der Waals surface area contributed by atoms with E-state index in [4.69, 9.17) is 9.84 Å². The predicted octanol–water partition coefficient (Wildman–Crippen LogP) is 3.77. The summed E-state index contributed by atoms with van der Waals surface area (Å²) < 4.78 is 20.0. The molecule has 6 nitrogen and oxygen atoms in total. The molecule has 1 unspecified atom stereocenters. The summed E-state index contributed by atoms with van der Waals surface area (Å²) in [7, 11) is 0. The van der Waals surface area contributed by atoms with Crippen molar-refractivity contribution in [2.24, 2.45) is 0 Å². The van der Waals surface area contributed by atoms with E-state index in [9.17, 15) is 14.0 Å². The van der Waals surface area contributed by atoms with Crippen LogP contribution >= 0.6 is 11.3 Å². The molecule has 1 aliphatic rings. The molecule has 4 rings (SSSR count). The van der Waals surface area contributed by atoms with Crippen LogP contribution in [-0.4, -0.2) is 28.1 Å². The largest absolute Gasteiger partial charge is 0.481 e. The van der Waals surface area contributed by atoms with Crippen LogP contribution in [0.25, 0.3) is 10.2 Å². The number of halogens is 1. The summed E-state index contributed by atoms with van der Waals surface area (Å²) in [5.74, 6) is -1.41. The normalized spacial score (nSPS) is 16.1. The minimum Gasteiger partial charge on any atom is -0.481 e. The Morgan fingerprint density at radius 2 is 2.18 bits per heavy atom. The summed E-state index contributed by atoms with van der Waals surface area (Å²) in [6.07, 6.45) is -0.829. The number of aliphatic carboxylic acids is 1. The first kappa shape index (κ1) is 18.4. The van der Waals surface area contributed by atoms with Crippen LogP contribution in [0.5, 0.6) is 5.75 Å². The molecule has 1 amide bonds. The number of carboxylic acids is 1. The van der Waals surface area contributed by atoms with Crippen molar-refractivity contribution < 1.29 is 23.8 Å². The molecule has 0 fully saturated rings. The van der Waals surface area contributed by atoms with Gasteiger partial charge >= 0.3 is 5.97 Å². The molecule has 0 aliphatic carbocycles. The van der Waals surface area contributed by atoms with Crippen molar-refractivity contribution in [2.45, 2.75) is 32.4 Å². The number of nitrogens with zero attached hydrogens (tertiary/aromatic N) is 2. The molecule has 3 aromatic rings. The van der Waals surface area contributed by atoms with Gasteiger partial charge in [0.1, 0.15) is 16.6 Å². The van der Waals surface area contributed by atoms with Crippen molar-refractivity contribution in [3.8, 4) is 5.75 Å². The van der Waals surface area contributed by atoms with Crippen molar-refractivity contribution in [3.63, 3.8) is 0 Å². The van der Waals surface area contributed by atoms with Crippen LogP contribution < -0.4 is 9.64 Å². The van der Waals surface area contributed by atoms with Crippen molar-refractivity contribution in [1.29, 1.82) is 0 Å². The van der Waals surface area contributed by atoms with Gasteiger partial charge in [0.25, 0.3) is 5.91 Å². The number of aryl methyl sites for hydroxylation is 1. The van der Waals surface area contributed by atoms with Gasteiger partial charge in [0.2, 0.25) is 0 Å². The number of amides is 1. The Kier molecular flexibility index (Phi) is 4.72. The average molecular weight is 400 g/mol. The molecule has 1 aliphatic heterocycles. The second-order valence-electron chi connectivity index (χ2n) is 6.47. The lowest BCUT2D eigenvalue weighted by atomic mass is 10.0. The van der Waals surface area contributed by atoms with Crippen molar-refractivity contribution in [2.75, 3.05) is 4.90 Å². The third kappa shape index (κ3) is 3.31. The average Bonchev–Trinajstić information content (AvgIpc) is 3.05. The molecule has 0 spiro atoms. The van der Waals surface area contributed by atoms with Crippen molar-refractivity contribution in [1.82, 2.24) is 4.98 Å². The molecule has 28 heavy (non-hydrogen) atoms. The van der Waals surface area contributed by atoms with Crippen LogP contribution in [0, 0.1) is 5.82 Å². The first-order valence-corrected chi connectivity index (χ1v) is 9.64. The van der Waals surface area contributed by atoms with Gasteiger partial charge in [-0.25, -0.2) is 9.37 Å². The molecule has 1 atom stereocenters. The van der Waals surface area contributed by atoms with Crippen molar-refractivity contribution in [3.05, 3.63) is 52.8 Å². The van der Waals surface area contributed by atoms with E-state index < -0.39 is 24.4 Å². The Balaban J connectivity index is 1.76. The van der Waals surface area contributed by atoms with Gasteiger partial charge in [-0.15, -0.1) is 11.3 Å². The Hall–Kier alpha value is -3.00. The third-order valence-electron chi connectivity index (χ3n) is 4.59. The molecule has 144 valence electrons. The molecule has 1 N–H and O–H groups in total. The summed E-state index contributed by atoms with van der Waals surface area (Å²) in [5.41, 5.74) is 2.10. The highest BCUT2D eigenvalue weighted by Gasteiger charge is 2.37. The number of anilines is 1. The molecule has 2 heterocycles. The van der Waals surface area contributed by atoms with E-state index in [-0.39, 0.29) is 12.4 Å². The second-order valence-corrected chi connectivity index (χ2v) is 7.58. The fourth-order valence-electron chi connectivity index (χ4n) is 3.34. The summed E-state index contributed by atoms with van der Waals surface area (Å²) in [6.45, 7) is 2.14. The van der Waals surface area contributed by atoms with Crippen LogP contribution in [0.4, 0.5) is 10.1 Å². The van der Waals surface area contributed by atoms with Gasteiger partial charge in [-0.2, -0.15) is 0 Å². The summed E-state index contributed by atoms with van der Waals surface area (Å²) in [5, 5.41) is 9.77. The highest BCUT2D eigenvalue weighted by molar-refractivity contribution is 7.18. The van der Waals surface area contributed by atoms with E-state index in [1.807, 2.05) is 19.1 Å². The van der Waals surface area contributed by atoms with Gasteiger partial charge < -0.3 is 9.84 Å².